The van der Waals surface area contributed by atoms with Crippen LogP contribution in [0.1, 0.15) is 43.6 Å². The molecule has 2 aliphatic carbocycles. The van der Waals surface area contributed by atoms with Crippen LogP contribution in [-0.4, -0.2) is 23.5 Å². The third-order valence-corrected chi connectivity index (χ3v) is 5.27. The van der Waals surface area contributed by atoms with E-state index >= 15 is 0 Å². The van der Waals surface area contributed by atoms with Crippen LogP contribution >= 0.6 is 0 Å². The molecule has 1 amide bonds. The topological polar surface area (TPSA) is 66.4 Å². The maximum absolute atomic E-state index is 12.4. The number of benzene rings is 1. The SMILES string of the molecule is O=C(O)C1(C(=O)NCC2CC(c3ccccc3)C2)CC=CCC1. The molecule has 2 aliphatic rings. The molecule has 0 bridgehead atoms. The van der Waals surface area contributed by atoms with Gasteiger partial charge in [-0.3, -0.25) is 9.59 Å². The second kappa shape index (κ2) is 6.57. The van der Waals surface area contributed by atoms with E-state index in [0.29, 0.717) is 37.6 Å². The molecule has 4 heteroatoms. The molecule has 4 nitrogen and oxygen atoms in total. The van der Waals surface area contributed by atoms with E-state index in [2.05, 4.69) is 29.6 Å². The van der Waals surface area contributed by atoms with Crippen molar-refractivity contribution in [3.63, 3.8) is 0 Å². The van der Waals surface area contributed by atoms with Crippen LogP contribution < -0.4 is 5.32 Å². The van der Waals surface area contributed by atoms with E-state index in [1.165, 1.54) is 5.56 Å². The van der Waals surface area contributed by atoms with Crippen molar-refractivity contribution in [3.05, 3.63) is 48.0 Å². The predicted molar refractivity (Wildman–Crippen MR) is 88.0 cm³/mol. The van der Waals surface area contributed by atoms with E-state index < -0.39 is 11.4 Å². The molecule has 0 spiro atoms. The highest BCUT2D eigenvalue weighted by Gasteiger charge is 2.45. The van der Waals surface area contributed by atoms with Crippen molar-refractivity contribution in [2.24, 2.45) is 11.3 Å². The van der Waals surface area contributed by atoms with Crippen LogP contribution in [-0.2, 0) is 9.59 Å². The van der Waals surface area contributed by atoms with Crippen molar-refractivity contribution in [2.45, 2.75) is 38.0 Å². The van der Waals surface area contributed by atoms with Crippen molar-refractivity contribution < 1.29 is 14.7 Å². The van der Waals surface area contributed by atoms with E-state index in [1.807, 2.05) is 18.2 Å². The Bertz CT molecular complexity index is 604. The summed E-state index contributed by atoms with van der Waals surface area (Å²) in [5.74, 6) is -0.300. The molecule has 0 saturated heterocycles. The number of allylic oxidation sites excluding steroid dienone is 2. The van der Waals surface area contributed by atoms with Crippen molar-refractivity contribution in [3.8, 4) is 0 Å². The quantitative estimate of drug-likeness (QED) is 0.648. The Hall–Kier alpha value is -2.10. The third-order valence-electron chi connectivity index (χ3n) is 5.27. The second-order valence-electron chi connectivity index (χ2n) is 6.76. The zero-order chi connectivity index (χ0) is 16.3. The summed E-state index contributed by atoms with van der Waals surface area (Å²) in [5, 5.41) is 12.4. The smallest absolute Gasteiger partial charge is 0.319 e. The number of carboxylic acids is 1. The first-order valence-electron chi connectivity index (χ1n) is 8.33. The maximum Gasteiger partial charge on any atom is 0.319 e. The van der Waals surface area contributed by atoms with Gasteiger partial charge in [-0.05, 0) is 49.5 Å². The number of carboxylic acid groups (broad SMARTS) is 1. The summed E-state index contributed by atoms with van der Waals surface area (Å²) in [6.45, 7) is 0.584. The lowest BCUT2D eigenvalue weighted by atomic mass is 9.71. The number of carbonyl (C=O) groups is 2. The lowest BCUT2D eigenvalue weighted by molar-refractivity contribution is -0.156. The van der Waals surface area contributed by atoms with E-state index in [1.54, 1.807) is 0 Å². The van der Waals surface area contributed by atoms with Crippen molar-refractivity contribution in [1.82, 2.24) is 5.32 Å². The minimum Gasteiger partial charge on any atom is -0.480 e. The van der Waals surface area contributed by atoms with E-state index in [-0.39, 0.29) is 5.91 Å². The molecular formula is C19H23NO3. The monoisotopic (exact) mass is 313 g/mol. The molecule has 1 fully saturated rings. The van der Waals surface area contributed by atoms with Crippen LogP contribution in [0.15, 0.2) is 42.5 Å². The lowest BCUT2D eigenvalue weighted by Crippen LogP contribution is -2.49. The third kappa shape index (κ3) is 3.16. The molecule has 122 valence electrons. The van der Waals surface area contributed by atoms with Crippen molar-refractivity contribution in [1.29, 1.82) is 0 Å². The molecule has 0 aromatic heterocycles. The van der Waals surface area contributed by atoms with Gasteiger partial charge in [0, 0.05) is 6.54 Å². The van der Waals surface area contributed by atoms with Gasteiger partial charge in [-0.2, -0.15) is 0 Å². The lowest BCUT2D eigenvalue weighted by Gasteiger charge is -2.37. The van der Waals surface area contributed by atoms with Crippen LogP contribution in [0.3, 0.4) is 0 Å². The summed E-state index contributed by atoms with van der Waals surface area (Å²) in [6.07, 6.45) is 7.22. The van der Waals surface area contributed by atoms with E-state index in [4.69, 9.17) is 0 Å². The molecule has 1 aromatic carbocycles. The fraction of sp³-hybridized carbons (Fsp3) is 0.474. The Labute approximate surface area is 136 Å². The summed E-state index contributed by atoms with van der Waals surface area (Å²) < 4.78 is 0. The fourth-order valence-electron chi connectivity index (χ4n) is 3.64. The van der Waals surface area contributed by atoms with Gasteiger partial charge in [-0.15, -0.1) is 0 Å². The van der Waals surface area contributed by atoms with Gasteiger partial charge in [0.05, 0.1) is 0 Å². The average molecular weight is 313 g/mol. The second-order valence-corrected chi connectivity index (χ2v) is 6.76. The van der Waals surface area contributed by atoms with Gasteiger partial charge in [0.1, 0.15) is 5.41 Å². The molecule has 1 aromatic rings. The number of carbonyl (C=O) groups excluding carboxylic acids is 1. The van der Waals surface area contributed by atoms with Crippen LogP contribution in [0, 0.1) is 11.3 Å². The number of rotatable bonds is 5. The van der Waals surface area contributed by atoms with Gasteiger partial charge in [-0.25, -0.2) is 0 Å². The minimum absolute atomic E-state index is 0.297. The van der Waals surface area contributed by atoms with Crippen LogP contribution in [0.5, 0.6) is 0 Å². The zero-order valence-electron chi connectivity index (χ0n) is 13.2. The summed E-state index contributed by atoms with van der Waals surface area (Å²) in [6, 6.07) is 10.4. The predicted octanol–water partition coefficient (Wildman–Crippen LogP) is 3.11. The van der Waals surface area contributed by atoms with Gasteiger partial charge in [0.25, 0.3) is 0 Å². The number of aliphatic carboxylic acids is 1. The van der Waals surface area contributed by atoms with Crippen molar-refractivity contribution in [2.75, 3.05) is 6.54 Å². The number of hydrogen-bond acceptors (Lipinski definition) is 2. The number of hydrogen-bond donors (Lipinski definition) is 2. The highest BCUT2D eigenvalue weighted by Crippen LogP contribution is 2.41. The summed E-state index contributed by atoms with van der Waals surface area (Å²) in [4.78, 5) is 24.0. The van der Waals surface area contributed by atoms with Gasteiger partial charge in [0.2, 0.25) is 5.91 Å². The Morgan fingerprint density at radius 1 is 1.17 bits per heavy atom. The molecular weight excluding hydrogens is 290 g/mol. The highest BCUT2D eigenvalue weighted by atomic mass is 16.4. The van der Waals surface area contributed by atoms with E-state index in [9.17, 15) is 14.7 Å². The summed E-state index contributed by atoms with van der Waals surface area (Å²) >= 11 is 0. The molecule has 0 heterocycles. The van der Waals surface area contributed by atoms with E-state index in [0.717, 1.165) is 12.8 Å². The normalized spacial score (nSPS) is 29.6. The minimum atomic E-state index is -1.27. The Morgan fingerprint density at radius 3 is 2.52 bits per heavy atom. The fourth-order valence-corrected chi connectivity index (χ4v) is 3.64. The maximum atomic E-state index is 12.4. The molecule has 3 rings (SSSR count). The first-order valence-corrected chi connectivity index (χ1v) is 8.33. The largest absolute Gasteiger partial charge is 0.480 e. The first kappa shape index (κ1) is 15.8. The van der Waals surface area contributed by atoms with Gasteiger partial charge in [0.15, 0.2) is 0 Å². The molecule has 1 saturated carbocycles. The van der Waals surface area contributed by atoms with Crippen LogP contribution in [0.25, 0.3) is 0 Å². The van der Waals surface area contributed by atoms with Gasteiger partial charge in [-0.1, -0.05) is 42.5 Å². The molecule has 1 unspecified atom stereocenters. The first-order chi connectivity index (χ1) is 11.1. The Kier molecular flexibility index (Phi) is 4.51. The van der Waals surface area contributed by atoms with Crippen LogP contribution in [0.4, 0.5) is 0 Å². The Morgan fingerprint density at radius 2 is 1.91 bits per heavy atom. The Balaban J connectivity index is 1.50. The number of amides is 1. The van der Waals surface area contributed by atoms with Gasteiger partial charge >= 0.3 is 5.97 Å². The molecule has 2 N–H and O–H groups in total. The summed E-state index contributed by atoms with van der Waals surface area (Å²) in [7, 11) is 0. The molecule has 0 aliphatic heterocycles. The standard InChI is InChI=1S/C19H23NO3/c21-17(19(18(22)23)9-5-2-6-10-19)20-13-14-11-16(12-14)15-7-3-1-4-8-15/h1-5,7-8,14,16H,6,9-13H2,(H,20,21)(H,22,23). The van der Waals surface area contributed by atoms with Gasteiger partial charge < -0.3 is 10.4 Å². The highest BCUT2D eigenvalue weighted by molar-refractivity contribution is 6.02. The van der Waals surface area contributed by atoms with Crippen LogP contribution in [0.2, 0.25) is 0 Å². The molecule has 1 atom stereocenters. The average Bonchev–Trinajstić information content (AvgIpc) is 2.54. The molecule has 0 radical (unpaired) electrons. The number of nitrogens with one attached hydrogen (secondary N) is 1. The zero-order valence-corrected chi connectivity index (χ0v) is 13.2. The molecule has 23 heavy (non-hydrogen) atoms. The summed E-state index contributed by atoms with van der Waals surface area (Å²) in [5.41, 5.74) is 0.0895. The van der Waals surface area contributed by atoms with Crippen molar-refractivity contribution >= 4 is 11.9 Å².